The number of aromatic nitrogens is 3. The number of benzene rings is 1. The molecule has 0 aliphatic rings. The van der Waals surface area contributed by atoms with Gasteiger partial charge in [-0.05, 0) is 36.8 Å². The van der Waals surface area contributed by atoms with E-state index in [1.54, 1.807) is 12.1 Å². The second-order valence-corrected chi connectivity index (χ2v) is 4.15. The molecule has 0 fully saturated rings. The van der Waals surface area contributed by atoms with E-state index in [0.717, 1.165) is 22.3 Å². The zero-order valence-electron chi connectivity index (χ0n) is 9.83. The van der Waals surface area contributed by atoms with Crippen LogP contribution in [0.25, 0.3) is 16.7 Å². The summed E-state index contributed by atoms with van der Waals surface area (Å²) in [5, 5.41) is 9.32. The molecule has 0 saturated heterocycles. The van der Waals surface area contributed by atoms with Crippen LogP contribution in [0.1, 0.15) is 5.56 Å². The summed E-state index contributed by atoms with van der Waals surface area (Å²) in [6, 6.07) is 6.91. The third kappa shape index (κ3) is 1.48. The van der Waals surface area contributed by atoms with Gasteiger partial charge in [0.05, 0.1) is 5.52 Å². The molecule has 0 spiro atoms. The van der Waals surface area contributed by atoms with Crippen molar-refractivity contribution in [2.75, 3.05) is 5.73 Å². The third-order valence-electron chi connectivity index (χ3n) is 2.92. The molecule has 3 aromatic rings. The lowest BCUT2D eigenvalue weighted by molar-refractivity contribution is 0.475. The first kappa shape index (κ1) is 10.6. The molecule has 0 aliphatic heterocycles. The highest BCUT2D eigenvalue weighted by molar-refractivity contribution is 5.89. The molecule has 3 N–H and O–H groups in total. The maximum absolute atomic E-state index is 9.32. The van der Waals surface area contributed by atoms with Crippen molar-refractivity contribution in [3.63, 3.8) is 0 Å². The first-order chi connectivity index (χ1) is 8.66. The minimum atomic E-state index is 0.233. The number of phenols is 1. The molecule has 90 valence electrons. The molecule has 0 aliphatic carbocycles. The van der Waals surface area contributed by atoms with Gasteiger partial charge in [0, 0.05) is 11.9 Å². The summed E-state index contributed by atoms with van der Waals surface area (Å²) in [5.74, 6) is 0.678. The van der Waals surface area contributed by atoms with E-state index < -0.39 is 0 Å². The van der Waals surface area contributed by atoms with E-state index in [0.29, 0.717) is 5.82 Å². The summed E-state index contributed by atoms with van der Waals surface area (Å²) >= 11 is 0. The molecule has 0 unspecified atom stereocenters. The lowest BCUT2D eigenvalue weighted by Gasteiger charge is -2.06. The zero-order valence-corrected chi connectivity index (χ0v) is 9.83. The minimum absolute atomic E-state index is 0.233. The van der Waals surface area contributed by atoms with Gasteiger partial charge >= 0.3 is 0 Å². The Bertz CT molecular complexity index is 716. The highest BCUT2D eigenvalue weighted by Gasteiger charge is 2.11. The van der Waals surface area contributed by atoms with Gasteiger partial charge in [0.1, 0.15) is 17.6 Å². The Labute approximate surface area is 104 Å². The van der Waals surface area contributed by atoms with Crippen LogP contribution >= 0.6 is 0 Å². The van der Waals surface area contributed by atoms with Crippen molar-refractivity contribution in [3.8, 4) is 11.4 Å². The van der Waals surface area contributed by atoms with Gasteiger partial charge in [0.25, 0.3) is 0 Å². The second kappa shape index (κ2) is 3.73. The Morgan fingerprint density at radius 1 is 1.17 bits per heavy atom. The van der Waals surface area contributed by atoms with Gasteiger partial charge in [0.2, 0.25) is 0 Å². The Morgan fingerprint density at radius 2 is 1.89 bits per heavy atom. The lowest BCUT2D eigenvalue weighted by Crippen LogP contribution is -1.98. The Kier molecular flexibility index (Phi) is 2.19. The summed E-state index contributed by atoms with van der Waals surface area (Å²) in [4.78, 5) is 8.26. The maximum Gasteiger partial charge on any atom is 0.151 e. The quantitative estimate of drug-likeness (QED) is 0.682. The van der Waals surface area contributed by atoms with Gasteiger partial charge < -0.3 is 15.4 Å². The number of hydrogen-bond acceptors (Lipinski definition) is 4. The number of rotatable bonds is 1. The van der Waals surface area contributed by atoms with Crippen LogP contribution in [0.2, 0.25) is 0 Å². The van der Waals surface area contributed by atoms with E-state index in [4.69, 9.17) is 5.73 Å². The second-order valence-electron chi connectivity index (χ2n) is 4.15. The molecule has 1 aromatic carbocycles. The highest BCUT2D eigenvalue weighted by atomic mass is 16.3. The van der Waals surface area contributed by atoms with Crippen LogP contribution in [-0.2, 0) is 0 Å². The van der Waals surface area contributed by atoms with E-state index in [1.807, 2.05) is 29.8 Å². The van der Waals surface area contributed by atoms with Crippen molar-refractivity contribution in [1.82, 2.24) is 14.5 Å². The predicted molar refractivity (Wildman–Crippen MR) is 69.7 cm³/mol. The van der Waals surface area contributed by atoms with Gasteiger partial charge in [-0.3, -0.25) is 0 Å². The van der Waals surface area contributed by atoms with Crippen LogP contribution in [-0.4, -0.2) is 19.6 Å². The van der Waals surface area contributed by atoms with Crippen molar-refractivity contribution < 1.29 is 5.11 Å². The minimum Gasteiger partial charge on any atom is -0.508 e. The molecule has 5 heteroatoms. The fraction of sp³-hybridized carbons (Fsp3) is 0.0769. The van der Waals surface area contributed by atoms with E-state index in [9.17, 15) is 5.11 Å². The summed E-state index contributed by atoms with van der Waals surface area (Å²) in [5.41, 5.74) is 9.50. The SMILES string of the molecule is Cc1cn(-c2ccc(O)cc2)c2c(N)ncnc12. The third-order valence-corrected chi connectivity index (χ3v) is 2.92. The Morgan fingerprint density at radius 3 is 2.61 bits per heavy atom. The lowest BCUT2D eigenvalue weighted by atomic mass is 10.3. The molecular weight excluding hydrogens is 228 g/mol. The topological polar surface area (TPSA) is 77.0 Å². The Hall–Kier alpha value is -2.56. The normalized spacial score (nSPS) is 10.9. The number of anilines is 1. The standard InChI is InChI=1S/C13H12N4O/c1-8-6-17(9-2-4-10(18)5-3-9)12-11(8)15-7-16-13(12)14/h2-7,18H,1H3,(H2,14,15,16). The number of nitrogens with two attached hydrogens (primary N) is 1. The van der Waals surface area contributed by atoms with Crippen LogP contribution in [0.4, 0.5) is 5.82 Å². The van der Waals surface area contributed by atoms with Crippen LogP contribution < -0.4 is 5.73 Å². The zero-order chi connectivity index (χ0) is 12.7. The van der Waals surface area contributed by atoms with Gasteiger partial charge in [-0.1, -0.05) is 0 Å². The van der Waals surface area contributed by atoms with Crippen molar-refractivity contribution in [2.45, 2.75) is 6.92 Å². The van der Waals surface area contributed by atoms with Crippen LogP contribution in [0, 0.1) is 6.92 Å². The van der Waals surface area contributed by atoms with Crippen molar-refractivity contribution >= 4 is 16.9 Å². The number of fused-ring (bicyclic) bond motifs is 1. The molecule has 0 saturated carbocycles. The molecule has 2 heterocycles. The average Bonchev–Trinajstić information content (AvgIpc) is 2.70. The van der Waals surface area contributed by atoms with E-state index >= 15 is 0 Å². The molecule has 2 aromatic heterocycles. The van der Waals surface area contributed by atoms with Gasteiger partial charge in [-0.25, -0.2) is 9.97 Å². The molecule has 0 amide bonds. The van der Waals surface area contributed by atoms with E-state index in [-0.39, 0.29) is 5.75 Å². The number of aromatic hydroxyl groups is 1. The van der Waals surface area contributed by atoms with E-state index in [2.05, 4.69) is 9.97 Å². The summed E-state index contributed by atoms with van der Waals surface area (Å²) < 4.78 is 1.93. The first-order valence-electron chi connectivity index (χ1n) is 5.54. The van der Waals surface area contributed by atoms with Crippen molar-refractivity contribution in [3.05, 3.63) is 42.4 Å². The van der Waals surface area contributed by atoms with Crippen LogP contribution in [0.15, 0.2) is 36.8 Å². The fourth-order valence-electron chi connectivity index (χ4n) is 2.05. The summed E-state index contributed by atoms with van der Waals surface area (Å²) in [6.07, 6.45) is 3.42. The highest BCUT2D eigenvalue weighted by Crippen LogP contribution is 2.26. The largest absolute Gasteiger partial charge is 0.508 e. The van der Waals surface area contributed by atoms with Crippen LogP contribution in [0.5, 0.6) is 5.75 Å². The monoisotopic (exact) mass is 240 g/mol. The van der Waals surface area contributed by atoms with Crippen LogP contribution in [0.3, 0.4) is 0 Å². The molecule has 0 radical (unpaired) electrons. The fourth-order valence-corrected chi connectivity index (χ4v) is 2.05. The van der Waals surface area contributed by atoms with E-state index in [1.165, 1.54) is 6.33 Å². The number of nitrogen functional groups attached to an aromatic ring is 1. The van der Waals surface area contributed by atoms with Gasteiger partial charge in [0.15, 0.2) is 5.82 Å². The molecule has 5 nitrogen and oxygen atoms in total. The maximum atomic E-state index is 9.32. The first-order valence-corrected chi connectivity index (χ1v) is 5.54. The van der Waals surface area contributed by atoms with Crippen molar-refractivity contribution in [1.29, 1.82) is 0 Å². The summed E-state index contributed by atoms with van der Waals surface area (Å²) in [7, 11) is 0. The molecule has 18 heavy (non-hydrogen) atoms. The number of phenolic OH excluding ortho intramolecular Hbond substituents is 1. The van der Waals surface area contributed by atoms with Gasteiger partial charge in [-0.15, -0.1) is 0 Å². The van der Waals surface area contributed by atoms with Gasteiger partial charge in [-0.2, -0.15) is 0 Å². The number of aryl methyl sites for hydroxylation is 1. The Balaban J connectivity index is 2.32. The molecular formula is C13H12N4O. The number of nitrogens with zero attached hydrogens (tertiary/aromatic N) is 3. The predicted octanol–water partition coefficient (Wildman–Crippen LogP) is 2.02. The molecule has 0 bridgehead atoms. The summed E-state index contributed by atoms with van der Waals surface area (Å²) in [6.45, 7) is 1.98. The smallest absolute Gasteiger partial charge is 0.151 e. The van der Waals surface area contributed by atoms with Crippen molar-refractivity contribution in [2.24, 2.45) is 0 Å². The average molecular weight is 240 g/mol. The molecule has 0 atom stereocenters. The number of hydrogen-bond donors (Lipinski definition) is 2. The molecule has 3 rings (SSSR count).